The summed E-state index contributed by atoms with van der Waals surface area (Å²) in [7, 11) is 0. The fourth-order valence-corrected chi connectivity index (χ4v) is 1.92. The number of carbonyl (C=O) groups excluding carboxylic acids is 2. The standard InChI is InChI=1S/C16H14FN3O5/c1-9(15(21)19-11-4-2-3-10(17)7-11)25-16(22)13-8-12(20(23)24)5-6-14(13)18/h2-9H,18H2,1H3,(H,19,21)/t9-/m1/s1. The quantitative estimate of drug-likeness (QED) is 0.370. The van der Waals surface area contributed by atoms with E-state index in [1.54, 1.807) is 0 Å². The number of nitrogens with two attached hydrogens (primary N) is 1. The van der Waals surface area contributed by atoms with Gasteiger partial charge in [-0.05, 0) is 31.2 Å². The van der Waals surface area contributed by atoms with Crippen LogP contribution in [0.2, 0.25) is 0 Å². The van der Waals surface area contributed by atoms with Gasteiger partial charge in [0.15, 0.2) is 6.10 Å². The van der Waals surface area contributed by atoms with Crippen LogP contribution in [0.1, 0.15) is 17.3 Å². The number of nitrogen functional groups attached to an aromatic ring is 1. The molecule has 0 heterocycles. The van der Waals surface area contributed by atoms with Crippen molar-refractivity contribution in [2.24, 2.45) is 0 Å². The normalized spacial score (nSPS) is 11.4. The average Bonchev–Trinajstić information content (AvgIpc) is 2.54. The highest BCUT2D eigenvalue weighted by Crippen LogP contribution is 2.21. The van der Waals surface area contributed by atoms with Crippen molar-refractivity contribution in [2.45, 2.75) is 13.0 Å². The molecular weight excluding hydrogens is 333 g/mol. The number of nitro groups is 1. The molecule has 0 aliphatic carbocycles. The molecule has 2 aromatic carbocycles. The number of hydrogen-bond acceptors (Lipinski definition) is 6. The summed E-state index contributed by atoms with van der Waals surface area (Å²) in [6.45, 7) is 1.31. The van der Waals surface area contributed by atoms with Crippen LogP contribution in [0.25, 0.3) is 0 Å². The second-order valence-corrected chi connectivity index (χ2v) is 5.08. The van der Waals surface area contributed by atoms with Crippen molar-refractivity contribution in [1.29, 1.82) is 0 Å². The molecule has 0 bridgehead atoms. The minimum absolute atomic E-state index is 0.0201. The Balaban J connectivity index is 2.08. The third kappa shape index (κ3) is 4.50. The molecule has 8 nitrogen and oxygen atoms in total. The summed E-state index contributed by atoms with van der Waals surface area (Å²) in [5.74, 6) is -2.21. The van der Waals surface area contributed by atoms with Crippen LogP contribution in [0.3, 0.4) is 0 Å². The van der Waals surface area contributed by atoms with E-state index in [4.69, 9.17) is 10.5 Å². The number of nitrogens with one attached hydrogen (secondary N) is 1. The fraction of sp³-hybridized carbons (Fsp3) is 0.125. The van der Waals surface area contributed by atoms with Crippen molar-refractivity contribution < 1.29 is 23.6 Å². The Bertz CT molecular complexity index is 840. The van der Waals surface area contributed by atoms with Gasteiger partial charge in [-0.15, -0.1) is 0 Å². The highest BCUT2D eigenvalue weighted by atomic mass is 19.1. The van der Waals surface area contributed by atoms with E-state index in [1.807, 2.05) is 0 Å². The highest BCUT2D eigenvalue weighted by molar-refractivity contribution is 5.99. The van der Waals surface area contributed by atoms with Gasteiger partial charge in [-0.2, -0.15) is 0 Å². The summed E-state index contributed by atoms with van der Waals surface area (Å²) in [4.78, 5) is 34.2. The molecule has 1 amide bonds. The molecule has 0 spiro atoms. The molecule has 9 heteroatoms. The molecule has 3 N–H and O–H groups in total. The van der Waals surface area contributed by atoms with E-state index < -0.39 is 28.7 Å². The lowest BCUT2D eigenvalue weighted by molar-refractivity contribution is -0.384. The maximum absolute atomic E-state index is 13.1. The number of rotatable bonds is 5. The smallest absolute Gasteiger partial charge is 0.341 e. The number of halogens is 1. The molecule has 0 radical (unpaired) electrons. The summed E-state index contributed by atoms with van der Waals surface area (Å²) in [5.41, 5.74) is 5.24. The first kappa shape index (κ1) is 17.9. The second kappa shape index (κ2) is 7.39. The summed E-state index contributed by atoms with van der Waals surface area (Å²) in [6, 6.07) is 8.50. The molecule has 0 saturated heterocycles. The Hall–Kier alpha value is -3.49. The van der Waals surface area contributed by atoms with Crippen LogP contribution in [-0.2, 0) is 9.53 Å². The van der Waals surface area contributed by atoms with Gasteiger partial charge in [0, 0.05) is 23.5 Å². The lowest BCUT2D eigenvalue weighted by atomic mass is 10.1. The largest absolute Gasteiger partial charge is 0.449 e. The fourth-order valence-electron chi connectivity index (χ4n) is 1.92. The lowest BCUT2D eigenvalue weighted by Gasteiger charge is -2.14. The van der Waals surface area contributed by atoms with Crippen LogP contribution in [0, 0.1) is 15.9 Å². The minimum atomic E-state index is -1.23. The predicted molar refractivity (Wildman–Crippen MR) is 87.4 cm³/mol. The molecule has 1 atom stereocenters. The second-order valence-electron chi connectivity index (χ2n) is 5.08. The van der Waals surface area contributed by atoms with Gasteiger partial charge in [-0.3, -0.25) is 14.9 Å². The SMILES string of the molecule is C[C@@H](OC(=O)c1cc([N+](=O)[O-])ccc1N)C(=O)Nc1cccc(F)c1. The molecule has 0 aliphatic heterocycles. The predicted octanol–water partition coefficient (Wildman–Crippen LogP) is 2.50. The van der Waals surface area contributed by atoms with Crippen molar-refractivity contribution in [3.63, 3.8) is 0 Å². The number of anilines is 2. The summed E-state index contributed by atoms with van der Waals surface area (Å²) in [5, 5.41) is 13.2. The number of ether oxygens (including phenoxy) is 1. The van der Waals surface area contributed by atoms with E-state index in [1.165, 1.54) is 31.2 Å². The van der Waals surface area contributed by atoms with Crippen molar-refractivity contribution in [3.8, 4) is 0 Å². The Morgan fingerprint density at radius 2 is 2.00 bits per heavy atom. The van der Waals surface area contributed by atoms with Crippen LogP contribution in [-0.4, -0.2) is 22.9 Å². The molecule has 2 aromatic rings. The third-order valence-electron chi connectivity index (χ3n) is 3.21. The first-order chi connectivity index (χ1) is 11.8. The number of benzene rings is 2. The maximum atomic E-state index is 13.1. The van der Waals surface area contributed by atoms with Gasteiger partial charge < -0.3 is 15.8 Å². The average molecular weight is 347 g/mol. The van der Waals surface area contributed by atoms with Crippen LogP contribution in [0.5, 0.6) is 0 Å². The summed E-state index contributed by atoms with van der Waals surface area (Å²) >= 11 is 0. The van der Waals surface area contributed by atoms with Crippen LogP contribution < -0.4 is 11.1 Å². The van der Waals surface area contributed by atoms with Gasteiger partial charge in [-0.1, -0.05) is 6.07 Å². The number of nitro benzene ring substituents is 1. The zero-order valence-electron chi connectivity index (χ0n) is 13.1. The van der Waals surface area contributed by atoms with Gasteiger partial charge in [0.25, 0.3) is 11.6 Å². The summed E-state index contributed by atoms with van der Waals surface area (Å²) in [6.07, 6.45) is -1.23. The van der Waals surface area contributed by atoms with E-state index in [2.05, 4.69) is 5.32 Å². The van der Waals surface area contributed by atoms with Crippen molar-refractivity contribution in [2.75, 3.05) is 11.1 Å². The highest BCUT2D eigenvalue weighted by Gasteiger charge is 2.22. The third-order valence-corrected chi connectivity index (χ3v) is 3.21. The Morgan fingerprint density at radius 1 is 1.28 bits per heavy atom. The molecule has 130 valence electrons. The number of esters is 1. The van der Waals surface area contributed by atoms with Crippen molar-refractivity contribution >= 4 is 28.9 Å². The molecule has 0 saturated carbocycles. The molecule has 2 rings (SSSR count). The molecular formula is C16H14FN3O5. The van der Waals surface area contributed by atoms with Crippen LogP contribution >= 0.6 is 0 Å². The van der Waals surface area contributed by atoms with E-state index >= 15 is 0 Å². The van der Waals surface area contributed by atoms with Crippen LogP contribution in [0.4, 0.5) is 21.5 Å². The van der Waals surface area contributed by atoms with Gasteiger partial charge in [0.2, 0.25) is 0 Å². The monoisotopic (exact) mass is 347 g/mol. The first-order valence-corrected chi connectivity index (χ1v) is 7.09. The van der Waals surface area contributed by atoms with Gasteiger partial charge in [0.05, 0.1) is 10.5 Å². The number of nitrogens with zero attached hydrogens (tertiary/aromatic N) is 1. The minimum Gasteiger partial charge on any atom is -0.449 e. The Kier molecular flexibility index (Phi) is 5.28. The van der Waals surface area contributed by atoms with Gasteiger partial charge >= 0.3 is 5.97 Å². The number of non-ortho nitro benzene ring substituents is 1. The molecule has 0 aromatic heterocycles. The van der Waals surface area contributed by atoms with E-state index in [-0.39, 0.29) is 22.6 Å². The number of amides is 1. The van der Waals surface area contributed by atoms with E-state index in [0.717, 1.165) is 18.2 Å². The molecule has 0 fully saturated rings. The van der Waals surface area contributed by atoms with Gasteiger partial charge in [0.1, 0.15) is 5.82 Å². The number of hydrogen-bond donors (Lipinski definition) is 2. The Morgan fingerprint density at radius 3 is 2.64 bits per heavy atom. The zero-order chi connectivity index (χ0) is 18.6. The Labute approximate surface area is 141 Å². The molecule has 0 aliphatic rings. The lowest BCUT2D eigenvalue weighted by Crippen LogP contribution is -2.30. The number of carbonyl (C=O) groups is 2. The van der Waals surface area contributed by atoms with Gasteiger partial charge in [-0.25, -0.2) is 9.18 Å². The molecule has 0 unspecified atom stereocenters. The van der Waals surface area contributed by atoms with E-state index in [9.17, 15) is 24.1 Å². The maximum Gasteiger partial charge on any atom is 0.341 e. The van der Waals surface area contributed by atoms with Crippen LogP contribution in [0.15, 0.2) is 42.5 Å². The first-order valence-electron chi connectivity index (χ1n) is 7.09. The molecule has 25 heavy (non-hydrogen) atoms. The van der Waals surface area contributed by atoms with Crippen molar-refractivity contribution in [1.82, 2.24) is 0 Å². The van der Waals surface area contributed by atoms with E-state index in [0.29, 0.717) is 0 Å². The topological polar surface area (TPSA) is 125 Å². The van der Waals surface area contributed by atoms with Crippen molar-refractivity contribution in [3.05, 3.63) is 64.0 Å². The zero-order valence-corrected chi connectivity index (χ0v) is 13.1. The summed E-state index contributed by atoms with van der Waals surface area (Å²) < 4.78 is 18.1.